The standard InChI is InChI=1S/C13H14ClNO3/c1-8-7-15(5-4-11(8)16)13(18)10-3-2-9(14)6-12(10)17/h2-3,6,8,17H,4-5,7H2,1H3. The van der Waals surface area contributed by atoms with Gasteiger partial charge in [-0.25, -0.2) is 0 Å². The molecule has 0 aromatic heterocycles. The third-order valence-corrected chi connectivity index (χ3v) is 3.38. The maximum absolute atomic E-state index is 12.2. The highest BCUT2D eigenvalue weighted by molar-refractivity contribution is 6.30. The van der Waals surface area contributed by atoms with Crippen molar-refractivity contribution in [2.24, 2.45) is 5.92 Å². The summed E-state index contributed by atoms with van der Waals surface area (Å²) in [6, 6.07) is 4.40. The molecule has 0 aliphatic carbocycles. The fourth-order valence-electron chi connectivity index (χ4n) is 2.06. The Labute approximate surface area is 110 Å². The molecule has 1 aromatic rings. The minimum atomic E-state index is -0.261. The van der Waals surface area contributed by atoms with Crippen molar-refractivity contribution in [2.75, 3.05) is 13.1 Å². The van der Waals surface area contributed by atoms with E-state index in [0.29, 0.717) is 24.5 Å². The molecule has 0 bridgehead atoms. The van der Waals surface area contributed by atoms with Gasteiger partial charge < -0.3 is 10.0 Å². The minimum Gasteiger partial charge on any atom is -0.507 e. The number of carbonyl (C=O) groups excluding carboxylic acids is 2. The second kappa shape index (κ2) is 4.98. The number of nitrogens with zero attached hydrogens (tertiary/aromatic N) is 1. The van der Waals surface area contributed by atoms with Gasteiger partial charge in [0.05, 0.1) is 5.56 Å². The van der Waals surface area contributed by atoms with Gasteiger partial charge in [0, 0.05) is 30.5 Å². The molecule has 1 fully saturated rings. The highest BCUT2D eigenvalue weighted by atomic mass is 35.5. The van der Waals surface area contributed by atoms with Gasteiger partial charge in [-0.15, -0.1) is 0 Å². The number of Topliss-reactive ketones (excluding diaryl/α,β-unsaturated/α-hetero) is 1. The molecule has 96 valence electrons. The Hall–Kier alpha value is -1.55. The van der Waals surface area contributed by atoms with Crippen molar-refractivity contribution in [3.8, 4) is 5.75 Å². The molecule has 1 saturated heterocycles. The molecule has 0 radical (unpaired) electrons. The van der Waals surface area contributed by atoms with Crippen LogP contribution in [0.4, 0.5) is 0 Å². The highest BCUT2D eigenvalue weighted by Gasteiger charge is 2.28. The maximum Gasteiger partial charge on any atom is 0.257 e. The van der Waals surface area contributed by atoms with Gasteiger partial charge in [0.25, 0.3) is 5.91 Å². The zero-order chi connectivity index (χ0) is 13.3. The van der Waals surface area contributed by atoms with E-state index in [0.717, 1.165) is 0 Å². The number of rotatable bonds is 1. The number of aromatic hydroxyl groups is 1. The van der Waals surface area contributed by atoms with Gasteiger partial charge in [-0.3, -0.25) is 9.59 Å². The molecule has 1 heterocycles. The zero-order valence-electron chi connectivity index (χ0n) is 10.0. The average Bonchev–Trinajstić information content (AvgIpc) is 2.32. The van der Waals surface area contributed by atoms with Crippen LogP contribution in [0.1, 0.15) is 23.7 Å². The van der Waals surface area contributed by atoms with Crippen molar-refractivity contribution in [1.29, 1.82) is 0 Å². The molecular weight excluding hydrogens is 254 g/mol. The number of carbonyl (C=O) groups is 2. The molecule has 5 heteroatoms. The van der Waals surface area contributed by atoms with Crippen LogP contribution in [0.15, 0.2) is 18.2 Å². The van der Waals surface area contributed by atoms with Gasteiger partial charge in [0.2, 0.25) is 0 Å². The van der Waals surface area contributed by atoms with E-state index in [1.807, 2.05) is 6.92 Å². The number of phenols is 1. The fourth-order valence-corrected chi connectivity index (χ4v) is 2.22. The van der Waals surface area contributed by atoms with Crippen LogP contribution in [0.2, 0.25) is 5.02 Å². The molecular formula is C13H14ClNO3. The number of benzene rings is 1. The Morgan fingerprint density at radius 2 is 2.22 bits per heavy atom. The summed E-state index contributed by atoms with van der Waals surface area (Å²) >= 11 is 5.72. The summed E-state index contributed by atoms with van der Waals surface area (Å²) < 4.78 is 0. The van der Waals surface area contributed by atoms with E-state index in [-0.39, 0.29) is 28.9 Å². The topological polar surface area (TPSA) is 57.6 Å². The van der Waals surface area contributed by atoms with Crippen molar-refractivity contribution < 1.29 is 14.7 Å². The van der Waals surface area contributed by atoms with Gasteiger partial charge >= 0.3 is 0 Å². The Bertz CT molecular complexity index is 501. The third-order valence-electron chi connectivity index (χ3n) is 3.15. The molecule has 1 N–H and O–H groups in total. The first-order valence-corrected chi connectivity index (χ1v) is 6.17. The van der Waals surface area contributed by atoms with E-state index >= 15 is 0 Å². The summed E-state index contributed by atoms with van der Waals surface area (Å²) in [5.41, 5.74) is 0.223. The van der Waals surface area contributed by atoms with Crippen molar-refractivity contribution in [3.05, 3.63) is 28.8 Å². The van der Waals surface area contributed by atoms with Crippen LogP contribution < -0.4 is 0 Å². The molecule has 2 rings (SSSR count). The minimum absolute atomic E-state index is 0.128. The summed E-state index contributed by atoms with van der Waals surface area (Å²) in [6.07, 6.45) is 0.376. The molecule has 1 aliphatic heterocycles. The van der Waals surface area contributed by atoms with Crippen LogP contribution in [0.25, 0.3) is 0 Å². The molecule has 1 aliphatic rings. The molecule has 1 unspecified atom stereocenters. The van der Waals surface area contributed by atoms with Crippen molar-refractivity contribution in [2.45, 2.75) is 13.3 Å². The third kappa shape index (κ3) is 2.48. The number of phenolic OH excluding ortho intramolecular Hbond substituents is 1. The van der Waals surface area contributed by atoms with Crippen LogP contribution in [0, 0.1) is 5.92 Å². The number of hydrogen-bond donors (Lipinski definition) is 1. The van der Waals surface area contributed by atoms with Gasteiger partial charge in [-0.2, -0.15) is 0 Å². The first-order valence-electron chi connectivity index (χ1n) is 5.79. The number of likely N-dealkylation sites (tertiary alicyclic amines) is 1. The summed E-state index contributed by atoms with van der Waals surface area (Å²) in [6.45, 7) is 2.62. The van der Waals surface area contributed by atoms with Crippen LogP contribution in [0.3, 0.4) is 0 Å². The lowest BCUT2D eigenvalue weighted by molar-refractivity contribution is -0.124. The van der Waals surface area contributed by atoms with Crippen LogP contribution in [0.5, 0.6) is 5.75 Å². The quantitative estimate of drug-likeness (QED) is 0.848. The predicted octanol–water partition coefficient (Wildman–Crippen LogP) is 2.10. The number of amides is 1. The Balaban J connectivity index is 2.19. The summed E-state index contributed by atoms with van der Waals surface area (Å²) in [4.78, 5) is 25.2. The molecule has 1 atom stereocenters. The van der Waals surface area contributed by atoms with E-state index in [4.69, 9.17) is 11.6 Å². The molecule has 18 heavy (non-hydrogen) atoms. The molecule has 0 saturated carbocycles. The lowest BCUT2D eigenvalue weighted by Gasteiger charge is -2.30. The van der Waals surface area contributed by atoms with Gasteiger partial charge in [-0.05, 0) is 18.2 Å². The number of hydrogen-bond acceptors (Lipinski definition) is 3. The summed E-state index contributed by atoms with van der Waals surface area (Å²) in [5, 5.41) is 10.1. The fraction of sp³-hybridized carbons (Fsp3) is 0.385. The van der Waals surface area contributed by atoms with Crippen LogP contribution >= 0.6 is 11.6 Å². The SMILES string of the molecule is CC1CN(C(=O)c2ccc(Cl)cc2O)CCC1=O. The molecule has 0 spiro atoms. The smallest absolute Gasteiger partial charge is 0.257 e. The van der Waals surface area contributed by atoms with E-state index in [9.17, 15) is 14.7 Å². The van der Waals surface area contributed by atoms with Gasteiger partial charge in [0.1, 0.15) is 11.5 Å². The lowest BCUT2D eigenvalue weighted by Crippen LogP contribution is -2.43. The van der Waals surface area contributed by atoms with Crippen LogP contribution in [-0.2, 0) is 4.79 Å². The first kappa shape index (κ1) is 12.9. The summed E-state index contributed by atoms with van der Waals surface area (Å²) in [7, 11) is 0. The second-order valence-electron chi connectivity index (χ2n) is 4.53. The monoisotopic (exact) mass is 267 g/mol. The Morgan fingerprint density at radius 3 is 2.83 bits per heavy atom. The normalized spacial score (nSPS) is 20.0. The first-order chi connectivity index (χ1) is 8.49. The number of halogens is 1. The van der Waals surface area contributed by atoms with E-state index in [1.165, 1.54) is 12.1 Å². The Morgan fingerprint density at radius 1 is 1.50 bits per heavy atom. The largest absolute Gasteiger partial charge is 0.507 e. The van der Waals surface area contributed by atoms with E-state index in [2.05, 4.69) is 0 Å². The average molecular weight is 268 g/mol. The van der Waals surface area contributed by atoms with Crippen molar-refractivity contribution >= 4 is 23.3 Å². The predicted molar refractivity (Wildman–Crippen MR) is 67.8 cm³/mol. The number of ketones is 1. The van der Waals surface area contributed by atoms with Crippen LogP contribution in [-0.4, -0.2) is 34.8 Å². The van der Waals surface area contributed by atoms with Crippen molar-refractivity contribution in [1.82, 2.24) is 4.90 Å². The number of piperidine rings is 1. The molecule has 1 aromatic carbocycles. The van der Waals surface area contributed by atoms with E-state index in [1.54, 1.807) is 11.0 Å². The molecule has 1 amide bonds. The second-order valence-corrected chi connectivity index (χ2v) is 4.97. The van der Waals surface area contributed by atoms with Gasteiger partial charge in [-0.1, -0.05) is 18.5 Å². The lowest BCUT2D eigenvalue weighted by atomic mass is 9.98. The van der Waals surface area contributed by atoms with Gasteiger partial charge in [0.15, 0.2) is 0 Å². The Kier molecular flexibility index (Phi) is 3.57. The maximum atomic E-state index is 12.2. The molecule has 4 nitrogen and oxygen atoms in total. The zero-order valence-corrected chi connectivity index (χ0v) is 10.8. The highest BCUT2D eigenvalue weighted by Crippen LogP contribution is 2.24. The summed E-state index contributed by atoms with van der Waals surface area (Å²) in [5.74, 6) is -0.350. The van der Waals surface area contributed by atoms with E-state index < -0.39 is 0 Å². The van der Waals surface area contributed by atoms with Crippen molar-refractivity contribution in [3.63, 3.8) is 0 Å².